The Morgan fingerprint density at radius 1 is 1.05 bits per heavy atom. The van der Waals surface area contributed by atoms with E-state index in [-0.39, 0.29) is 42.0 Å². The molecule has 0 aliphatic heterocycles. The van der Waals surface area contributed by atoms with Gasteiger partial charge in [-0.3, -0.25) is 14.3 Å². The lowest BCUT2D eigenvalue weighted by molar-refractivity contribution is -0.138. The number of halogens is 2. The Balaban J connectivity index is 1.47. The van der Waals surface area contributed by atoms with Gasteiger partial charge < -0.3 is 31.7 Å². The summed E-state index contributed by atoms with van der Waals surface area (Å²) < 4.78 is 15.5. The molecule has 0 saturated carbocycles. The van der Waals surface area contributed by atoms with E-state index in [1.165, 1.54) is 21.7 Å². The smallest absolute Gasteiger partial charge is 0.323 e. The molecule has 1 aromatic heterocycles. The maximum Gasteiger partial charge on any atom is 0.323 e. The van der Waals surface area contributed by atoms with Crippen LogP contribution in [-0.2, 0) is 22.7 Å². The second-order valence-electron chi connectivity index (χ2n) is 9.77. The second-order valence-corrected chi connectivity index (χ2v) is 10.2. The van der Waals surface area contributed by atoms with E-state index < -0.39 is 29.9 Å². The van der Waals surface area contributed by atoms with Crippen LogP contribution in [0.25, 0.3) is 10.9 Å². The van der Waals surface area contributed by atoms with Gasteiger partial charge in [-0.25, -0.2) is 9.18 Å². The van der Waals surface area contributed by atoms with Crippen molar-refractivity contribution in [3.8, 4) is 0 Å². The summed E-state index contributed by atoms with van der Waals surface area (Å²) in [5, 5.41) is 22.9. The molecule has 4 amide bonds. The summed E-state index contributed by atoms with van der Waals surface area (Å²) in [5.41, 5.74) is 7.60. The Hall–Kier alpha value is -4.52. The monoisotopic (exact) mass is 595 g/mol. The number of para-hydroxylation sites is 1. The summed E-state index contributed by atoms with van der Waals surface area (Å²) in [6.07, 6.45) is -1.45. The molecule has 6 N–H and O–H groups in total. The molecule has 0 aliphatic carbocycles. The molecule has 1 heterocycles. The largest absolute Gasteiger partial charge is 0.373 e. The normalized spacial score (nSPS) is 11.8. The number of anilines is 2. The number of aromatic nitrogens is 2. The molecule has 3 aromatic carbocycles. The number of rotatable bonds is 10. The van der Waals surface area contributed by atoms with Crippen LogP contribution in [-0.4, -0.2) is 50.2 Å². The average Bonchev–Trinajstić information content (AvgIpc) is 3.30. The van der Waals surface area contributed by atoms with E-state index in [2.05, 4.69) is 21.0 Å². The fourth-order valence-electron chi connectivity index (χ4n) is 4.30. The summed E-state index contributed by atoms with van der Waals surface area (Å²) in [6.45, 7) is 2.91. The third-order valence-corrected chi connectivity index (χ3v) is 6.69. The number of carbonyl (C=O) groups excluding carboxylic acids is 3. The molecule has 1 atom stereocenters. The van der Waals surface area contributed by atoms with Gasteiger partial charge in [0.25, 0.3) is 0 Å². The Morgan fingerprint density at radius 3 is 2.45 bits per heavy atom. The summed E-state index contributed by atoms with van der Waals surface area (Å²) in [5.74, 6) is -1.51. The van der Waals surface area contributed by atoms with Crippen LogP contribution in [0.15, 0.2) is 66.7 Å². The number of benzene rings is 3. The number of nitrogens with zero attached hydrogens (tertiary/aromatic N) is 3. The van der Waals surface area contributed by atoms with Crippen LogP contribution in [0.1, 0.15) is 31.3 Å². The number of carbonyl (C=O) groups is 3. The van der Waals surface area contributed by atoms with Crippen molar-refractivity contribution in [3.05, 3.63) is 88.8 Å². The average molecular weight is 596 g/mol. The quantitative estimate of drug-likeness (QED) is 0.175. The highest BCUT2D eigenvalue weighted by Crippen LogP contribution is 2.26. The van der Waals surface area contributed by atoms with Gasteiger partial charge in [0.2, 0.25) is 11.8 Å². The third kappa shape index (κ3) is 7.40. The lowest BCUT2D eigenvalue weighted by Crippen LogP contribution is -2.45. The molecule has 0 aliphatic rings. The molecule has 4 aromatic rings. The first-order valence-electron chi connectivity index (χ1n) is 13.1. The molecule has 220 valence electrons. The predicted molar refractivity (Wildman–Crippen MR) is 158 cm³/mol. The van der Waals surface area contributed by atoms with E-state index in [0.29, 0.717) is 22.3 Å². The first kappa shape index (κ1) is 30.4. The van der Waals surface area contributed by atoms with Crippen LogP contribution in [0.2, 0.25) is 5.02 Å². The Morgan fingerprint density at radius 2 is 1.76 bits per heavy atom. The summed E-state index contributed by atoms with van der Waals surface area (Å²) in [4.78, 5) is 39.8. The lowest BCUT2D eigenvalue weighted by atomic mass is 10.1. The van der Waals surface area contributed by atoms with Crippen LogP contribution in [0.3, 0.4) is 0 Å². The molecule has 42 heavy (non-hydrogen) atoms. The van der Waals surface area contributed by atoms with E-state index in [9.17, 15) is 23.9 Å². The molecule has 11 nitrogen and oxygen atoms in total. The van der Waals surface area contributed by atoms with Crippen molar-refractivity contribution in [2.24, 2.45) is 5.73 Å². The number of aliphatic hydroxyl groups excluding tert-OH is 1. The summed E-state index contributed by atoms with van der Waals surface area (Å²) in [7, 11) is 0. The first-order chi connectivity index (χ1) is 20.0. The fraction of sp³-hybridized carbons (Fsp3) is 0.241. The molecular weight excluding hydrogens is 565 g/mol. The zero-order valence-electron chi connectivity index (χ0n) is 23.0. The minimum absolute atomic E-state index is 0.0486. The van der Waals surface area contributed by atoms with E-state index >= 15 is 0 Å². The highest BCUT2D eigenvalue weighted by Gasteiger charge is 2.24. The summed E-state index contributed by atoms with van der Waals surface area (Å²) in [6, 6.07) is 17.5. The van der Waals surface area contributed by atoms with E-state index in [1.807, 2.05) is 6.07 Å². The van der Waals surface area contributed by atoms with Crippen molar-refractivity contribution in [1.29, 1.82) is 0 Å². The Kier molecular flexibility index (Phi) is 9.73. The number of nitrogens with one attached hydrogen (secondary N) is 3. The Labute approximate surface area is 246 Å². The highest BCUT2D eigenvalue weighted by atomic mass is 35.5. The summed E-state index contributed by atoms with van der Waals surface area (Å²) >= 11 is 5.80. The van der Waals surface area contributed by atoms with Gasteiger partial charge in [-0.2, -0.15) is 5.10 Å². The number of urea groups is 1. The van der Waals surface area contributed by atoms with Gasteiger partial charge in [0.15, 0.2) is 0 Å². The van der Waals surface area contributed by atoms with E-state index in [1.54, 1.807) is 62.4 Å². The number of fused-ring (bicyclic) bond motifs is 1. The molecular formula is C29H31ClFN7O4. The SMILES string of the molecule is CC(C)N(CC(=O)NCc1cccc(Cl)c1F)C(=O)Cn1nc(C(N)O)c2cc(NC(=O)Nc3ccccc3)ccc21. The van der Waals surface area contributed by atoms with Gasteiger partial charge in [0.1, 0.15) is 24.3 Å². The first-order valence-corrected chi connectivity index (χ1v) is 13.5. The minimum Gasteiger partial charge on any atom is -0.373 e. The molecule has 1 unspecified atom stereocenters. The Bertz CT molecular complexity index is 1590. The van der Waals surface area contributed by atoms with Gasteiger partial charge in [0, 0.05) is 34.9 Å². The van der Waals surface area contributed by atoms with Crippen LogP contribution in [0, 0.1) is 5.82 Å². The lowest BCUT2D eigenvalue weighted by Gasteiger charge is -2.26. The zero-order valence-corrected chi connectivity index (χ0v) is 23.7. The third-order valence-electron chi connectivity index (χ3n) is 6.40. The van der Waals surface area contributed by atoms with Gasteiger partial charge in [-0.05, 0) is 50.2 Å². The maximum absolute atomic E-state index is 14.2. The van der Waals surface area contributed by atoms with Crippen molar-refractivity contribution in [2.75, 3.05) is 17.2 Å². The van der Waals surface area contributed by atoms with Gasteiger partial charge in [-0.15, -0.1) is 0 Å². The standard InChI is InChI=1S/C29H31ClFN7O4/c1-17(2)37(15-24(39)33-14-18-7-6-10-22(30)26(18)31)25(40)16-38-23-12-11-20(13-21(23)27(36-38)28(32)41)35-29(42)34-19-8-4-3-5-9-19/h3-13,17,28,41H,14-16,32H2,1-2H3,(H,33,39)(H2,34,35,42). The van der Waals surface area contributed by atoms with Crippen molar-refractivity contribution in [2.45, 2.75) is 39.2 Å². The zero-order chi connectivity index (χ0) is 30.4. The van der Waals surface area contributed by atoms with E-state index in [0.717, 1.165) is 0 Å². The van der Waals surface area contributed by atoms with Crippen LogP contribution in [0.4, 0.5) is 20.6 Å². The number of nitrogens with two attached hydrogens (primary N) is 1. The second kappa shape index (κ2) is 13.4. The van der Waals surface area contributed by atoms with Crippen molar-refractivity contribution in [1.82, 2.24) is 20.0 Å². The van der Waals surface area contributed by atoms with Crippen molar-refractivity contribution >= 4 is 51.7 Å². The van der Waals surface area contributed by atoms with E-state index in [4.69, 9.17) is 17.3 Å². The molecule has 0 spiro atoms. The predicted octanol–water partition coefficient (Wildman–Crippen LogP) is 3.98. The fourth-order valence-corrected chi connectivity index (χ4v) is 4.50. The molecule has 0 radical (unpaired) electrons. The van der Waals surface area contributed by atoms with Gasteiger partial charge >= 0.3 is 6.03 Å². The van der Waals surface area contributed by atoms with Crippen LogP contribution >= 0.6 is 11.6 Å². The maximum atomic E-state index is 14.2. The molecule has 13 heteroatoms. The minimum atomic E-state index is -1.45. The number of amides is 4. The number of hydrogen-bond donors (Lipinski definition) is 5. The highest BCUT2D eigenvalue weighted by molar-refractivity contribution is 6.30. The molecule has 0 bridgehead atoms. The number of aliphatic hydroxyl groups is 1. The van der Waals surface area contributed by atoms with Crippen LogP contribution in [0.5, 0.6) is 0 Å². The van der Waals surface area contributed by atoms with Gasteiger partial charge in [-0.1, -0.05) is 41.9 Å². The number of hydrogen-bond acceptors (Lipinski definition) is 6. The van der Waals surface area contributed by atoms with Gasteiger partial charge in [0.05, 0.1) is 17.1 Å². The molecule has 4 rings (SSSR count). The van der Waals surface area contributed by atoms with Crippen molar-refractivity contribution < 1.29 is 23.9 Å². The van der Waals surface area contributed by atoms with Crippen LogP contribution < -0.4 is 21.7 Å². The van der Waals surface area contributed by atoms with Crippen molar-refractivity contribution in [3.63, 3.8) is 0 Å². The molecule has 0 saturated heterocycles. The topological polar surface area (TPSA) is 155 Å². The molecule has 0 fully saturated rings.